The summed E-state index contributed by atoms with van der Waals surface area (Å²) in [6.07, 6.45) is 1.50. The minimum absolute atomic E-state index is 0.0807. The van der Waals surface area contributed by atoms with Crippen molar-refractivity contribution in [1.82, 2.24) is 4.98 Å². The molecule has 0 aliphatic heterocycles. The van der Waals surface area contributed by atoms with Crippen LogP contribution >= 0.6 is 0 Å². The van der Waals surface area contributed by atoms with E-state index in [1.165, 1.54) is 32.5 Å². The van der Waals surface area contributed by atoms with E-state index < -0.39 is 10.8 Å². The quantitative estimate of drug-likeness (QED) is 0.492. The van der Waals surface area contributed by atoms with Crippen molar-refractivity contribution in [2.45, 2.75) is 0 Å². The zero-order chi connectivity index (χ0) is 20.1. The molecule has 0 atom stereocenters. The van der Waals surface area contributed by atoms with E-state index in [2.05, 4.69) is 10.3 Å². The van der Waals surface area contributed by atoms with Crippen LogP contribution in [0.1, 0.15) is 0 Å². The fourth-order valence-electron chi connectivity index (χ4n) is 2.64. The summed E-state index contributed by atoms with van der Waals surface area (Å²) in [6.45, 7) is -0.307. The number of hydrogen-bond acceptors (Lipinski definition) is 7. The number of nitro groups is 1. The molecule has 0 spiro atoms. The first-order valence-corrected chi connectivity index (χ1v) is 8.20. The second-order valence-electron chi connectivity index (χ2n) is 5.64. The van der Waals surface area contributed by atoms with Crippen LogP contribution in [0, 0.1) is 10.1 Å². The van der Waals surface area contributed by atoms with Gasteiger partial charge in [-0.3, -0.25) is 19.9 Å². The van der Waals surface area contributed by atoms with Crippen molar-refractivity contribution >= 4 is 28.2 Å². The third-order valence-corrected chi connectivity index (χ3v) is 3.95. The summed E-state index contributed by atoms with van der Waals surface area (Å²) in [5, 5.41) is 14.2. The molecule has 9 nitrogen and oxygen atoms in total. The standard InChI is InChI=1S/C19H17N3O6/c1-26-12-5-6-14(17(10-12)27-2)21-18(23)11-28-16-8-7-15(22(24)25)13-4-3-9-20-19(13)16/h3-10H,11H2,1-2H3,(H,21,23). The van der Waals surface area contributed by atoms with Gasteiger partial charge in [-0.2, -0.15) is 0 Å². The maximum absolute atomic E-state index is 12.3. The predicted molar refractivity (Wildman–Crippen MR) is 102 cm³/mol. The molecule has 3 rings (SSSR count). The molecule has 28 heavy (non-hydrogen) atoms. The predicted octanol–water partition coefficient (Wildman–Crippen LogP) is 3.18. The van der Waals surface area contributed by atoms with E-state index in [-0.39, 0.29) is 18.0 Å². The van der Waals surface area contributed by atoms with Gasteiger partial charge in [0.25, 0.3) is 11.6 Å². The summed E-state index contributed by atoms with van der Waals surface area (Å²) in [5.41, 5.74) is 0.693. The average molecular weight is 383 g/mol. The van der Waals surface area contributed by atoms with Crippen molar-refractivity contribution in [1.29, 1.82) is 0 Å². The first-order chi connectivity index (χ1) is 13.5. The molecular weight excluding hydrogens is 366 g/mol. The smallest absolute Gasteiger partial charge is 0.279 e. The first-order valence-electron chi connectivity index (χ1n) is 8.20. The highest BCUT2D eigenvalue weighted by atomic mass is 16.6. The topological polar surface area (TPSA) is 113 Å². The number of nitro benzene ring substituents is 1. The number of amides is 1. The van der Waals surface area contributed by atoms with Crippen LogP contribution in [0.25, 0.3) is 10.9 Å². The van der Waals surface area contributed by atoms with Gasteiger partial charge in [0.05, 0.1) is 30.2 Å². The molecular formula is C19H17N3O6. The van der Waals surface area contributed by atoms with Gasteiger partial charge >= 0.3 is 0 Å². The summed E-state index contributed by atoms with van der Waals surface area (Å²) in [7, 11) is 3.01. The highest BCUT2D eigenvalue weighted by Crippen LogP contribution is 2.32. The van der Waals surface area contributed by atoms with Crippen molar-refractivity contribution in [2.24, 2.45) is 0 Å². The van der Waals surface area contributed by atoms with Gasteiger partial charge in [0.1, 0.15) is 22.8 Å². The second kappa shape index (κ2) is 8.21. The van der Waals surface area contributed by atoms with E-state index in [0.29, 0.717) is 28.1 Å². The highest BCUT2D eigenvalue weighted by Gasteiger charge is 2.17. The maximum atomic E-state index is 12.3. The number of rotatable bonds is 7. The molecule has 0 saturated heterocycles. The number of methoxy groups -OCH3 is 2. The molecule has 0 fully saturated rings. The van der Waals surface area contributed by atoms with Crippen LogP contribution in [0.4, 0.5) is 11.4 Å². The van der Waals surface area contributed by atoms with Gasteiger partial charge in [0.2, 0.25) is 0 Å². The van der Waals surface area contributed by atoms with Gasteiger partial charge in [-0.05, 0) is 30.3 Å². The summed E-state index contributed by atoms with van der Waals surface area (Å²) in [5.74, 6) is 0.883. The van der Waals surface area contributed by atoms with E-state index in [1.54, 1.807) is 30.3 Å². The number of hydrogen-bond donors (Lipinski definition) is 1. The Bertz CT molecular complexity index is 1040. The molecule has 144 valence electrons. The van der Waals surface area contributed by atoms with Crippen LogP contribution in [0.2, 0.25) is 0 Å². The Labute approximate surface area is 160 Å². The molecule has 0 unspecified atom stereocenters. The molecule has 2 aromatic carbocycles. The molecule has 1 heterocycles. The van der Waals surface area contributed by atoms with Crippen molar-refractivity contribution in [3.63, 3.8) is 0 Å². The molecule has 0 saturated carbocycles. The largest absolute Gasteiger partial charge is 0.497 e. The van der Waals surface area contributed by atoms with Crippen LogP contribution < -0.4 is 19.5 Å². The van der Waals surface area contributed by atoms with Crippen molar-refractivity contribution in [3.05, 3.63) is 58.8 Å². The van der Waals surface area contributed by atoms with Gasteiger partial charge in [-0.1, -0.05) is 0 Å². The SMILES string of the molecule is COc1ccc(NC(=O)COc2ccc([N+](=O)[O-])c3cccnc23)c(OC)c1. The number of non-ortho nitro benzene ring substituents is 1. The van der Waals surface area contributed by atoms with Crippen LogP contribution in [0.3, 0.4) is 0 Å². The Kier molecular flexibility index (Phi) is 5.54. The van der Waals surface area contributed by atoms with E-state index in [1.807, 2.05) is 0 Å². The summed E-state index contributed by atoms with van der Waals surface area (Å²) in [6, 6.07) is 10.9. The monoisotopic (exact) mass is 383 g/mol. The number of fused-ring (bicyclic) bond motifs is 1. The fourth-order valence-corrected chi connectivity index (χ4v) is 2.64. The number of pyridine rings is 1. The minimum Gasteiger partial charge on any atom is -0.497 e. The number of ether oxygens (including phenoxy) is 3. The number of nitrogens with one attached hydrogen (secondary N) is 1. The lowest BCUT2D eigenvalue weighted by Crippen LogP contribution is -2.20. The van der Waals surface area contributed by atoms with Crippen molar-refractivity contribution in [3.8, 4) is 17.2 Å². The Morgan fingerprint density at radius 1 is 1.14 bits per heavy atom. The van der Waals surface area contributed by atoms with Crippen LogP contribution in [0.15, 0.2) is 48.7 Å². The molecule has 0 bridgehead atoms. The molecule has 0 aliphatic carbocycles. The normalized spacial score (nSPS) is 10.4. The molecule has 1 aromatic heterocycles. The number of aromatic nitrogens is 1. The molecule has 3 aromatic rings. The van der Waals surface area contributed by atoms with E-state index in [9.17, 15) is 14.9 Å². The molecule has 0 aliphatic rings. The Balaban J connectivity index is 1.75. The number of anilines is 1. The fraction of sp³-hybridized carbons (Fsp3) is 0.158. The minimum atomic E-state index is -0.490. The van der Waals surface area contributed by atoms with E-state index in [4.69, 9.17) is 14.2 Å². The van der Waals surface area contributed by atoms with E-state index in [0.717, 1.165) is 0 Å². The molecule has 0 radical (unpaired) electrons. The molecule has 1 N–H and O–H groups in total. The summed E-state index contributed by atoms with van der Waals surface area (Å²) in [4.78, 5) is 27.1. The van der Waals surface area contributed by atoms with Gasteiger partial charge in [-0.25, -0.2) is 0 Å². The van der Waals surface area contributed by atoms with Gasteiger partial charge in [0, 0.05) is 18.3 Å². The average Bonchev–Trinajstić information content (AvgIpc) is 2.72. The van der Waals surface area contributed by atoms with Crippen molar-refractivity contribution in [2.75, 3.05) is 26.1 Å². The summed E-state index contributed by atoms with van der Waals surface area (Å²) < 4.78 is 15.9. The Hall–Kier alpha value is -3.88. The number of carbonyl (C=O) groups is 1. The molecule has 9 heteroatoms. The van der Waals surface area contributed by atoms with Gasteiger partial charge < -0.3 is 19.5 Å². The lowest BCUT2D eigenvalue weighted by molar-refractivity contribution is -0.383. The van der Waals surface area contributed by atoms with Crippen LogP contribution in [-0.4, -0.2) is 36.6 Å². The summed E-state index contributed by atoms with van der Waals surface area (Å²) >= 11 is 0. The van der Waals surface area contributed by atoms with Gasteiger partial charge in [-0.15, -0.1) is 0 Å². The Morgan fingerprint density at radius 3 is 2.68 bits per heavy atom. The first kappa shape index (κ1) is 18.9. The van der Waals surface area contributed by atoms with Gasteiger partial charge in [0.15, 0.2) is 6.61 Å². The van der Waals surface area contributed by atoms with E-state index >= 15 is 0 Å². The zero-order valence-corrected chi connectivity index (χ0v) is 15.2. The third-order valence-electron chi connectivity index (χ3n) is 3.95. The maximum Gasteiger partial charge on any atom is 0.279 e. The molecule has 1 amide bonds. The third kappa shape index (κ3) is 3.93. The highest BCUT2D eigenvalue weighted by molar-refractivity contribution is 5.95. The van der Waals surface area contributed by atoms with Crippen LogP contribution in [-0.2, 0) is 4.79 Å². The zero-order valence-electron chi connectivity index (χ0n) is 15.2. The number of nitrogens with zero attached hydrogens (tertiary/aromatic N) is 2. The van der Waals surface area contributed by atoms with Crippen molar-refractivity contribution < 1.29 is 23.9 Å². The number of carbonyl (C=O) groups excluding carboxylic acids is 1. The number of benzene rings is 2. The lowest BCUT2D eigenvalue weighted by atomic mass is 10.1. The lowest BCUT2D eigenvalue weighted by Gasteiger charge is -2.12. The second-order valence-corrected chi connectivity index (χ2v) is 5.64. The van der Waals surface area contributed by atoms with Crippen LogP contribution in [0.5, 0.6) is 17.2 Å². The Morgan fingerprint density at radius 2 is 1.96 bits per heavy atom.